The lowest BCUT2D eigenvalue weighted by Gasteiger charge is -2.17. The number of nitrogens with zero attached hydrogens (tertiary/aromatic N) is 3. The first kappa shape index (κ1) is 24.3. The average molecular weight is 451 g/mol. The molecule has 1 saturated carbocycles. The first-order valence-electron chi connectivity index (χ1n) is 11.2. The molecule has 2 aromatic heterocycles. The predicted octanol–water partition coefficient (Wildman–Crippen LogP) is 5.33. The van der Waals surface area contributed by atoms with Gasteiger partial charge in [0.15, 0.2) is 0 Å². The van der Waals surface area contributed by atoms with Crippen LogP contribution in [0, 0.1) is 5.92 Å². The fourth-order valence-electron chi connectivity index (χ4n) is 3.74. The van der Waals surface area contributed by atoms with E-state index in [1.54, 1.807) is 26.4 Å². The Bertz CT molecular complexity index is 1170. The SMILES string of the molecule is C=C(/C=C(C)\C(=C/C)c1cc2cnc(NC(=O)C3CC3F)cc2nc1C(=O)N(C)C)CCC. The lowest BCUT2D eigenvalue weighted by Crippen LogP contribution is -2.24. The Hall–Kier alpha value is -3.35. The van der Waals surface area contributed by atoms with Crippen molar-refractivity contribution in [2.75, 3.05) is 19.4 Å². The number of hydrogen-bond acceptors (Lipinski definition) is 4. The zero-order chi connectivity index (χ0) is 24.3. The standard InChI is InChI=1S/C26H31FN4O2/c1-7-9-15(3)10-16(4)18(8-2)19-11-17-14-28-23(30-25(32)20-12-21(20)27)13-22(17)29-24(19)26(33)31(5)6/h8,10-11,13-14,20-21H,3,7,9,12H2,1-2,4-6H3,(H,28,30,32)/b16-10-,18-8+. The summed E-state index contributed by atoms with van der Waals surface area (Å²) in [6.07, 6.45) is 6.67. The minimum atomic E-state index is -1.08. The van der Waals surface area contributed by atoms with E-state index >= 15 is 0 Å². The van der Waals surface area contributed by atoms with Crippen molar-refractivity contribution in [1.82, 2.24) is 14.9 Å². The van der Waals surface area contributed by atoms with Crippen LogP contribution < -0.4 is 5.32 Å². The summed E-state index contributed by atoms with van der Waals surface area (Å²) in [6.45, 7) is 10.2. The van der Waals surface area contributed by atoms with Crippen molar-refractivity contribution in [3.8, 4) is 0 Å². The van der Waals surface area contributed by atoms with Crippen LogP contribution in [0.3, 0.4) is 0 Å². The van der Waals surface area contributed by atoms with Gasteiger partial charge in [0.2, 0.25) is 5.91 Å². The van der Waals surface area contributed by atoms with E-state index in [0.29, 0.717) is 16.8 Å². The third-order valence-electron chi connectivity index (χ3n) is 5.60. The number of anilines is 1. The quantitative estimate of drug-likeness (QED) is 0.551. The number of aromatic nitrogens is 2. The molecule has 3 rings (SSSR count). The minimum Gasteiger partial charge on any atom is -0.343 e. The molecule has 0 aromatic carbocycles. The van der Waals surface area contributed by atoms with Crippen molar-refractivity contribution < 1.29 is 14.0 Å². The summed E-state index contributed by atoms with van der Waals surface area (Å²) in [5.74, 6) is -0.946. The smallest absolute Gasteiger partial charge is 0.272 e. The van der Waals surface area contributed by atoms with E-state index in [0.717, 1.165) is 34.9 Å². The highest BCUT2D eigenvalue weighted by atomic mass is 19.1. The highest BCUT2D eigenvalue weighted by Gasteiger charge is 2.43. The molecule has 0 bridgehead atoms. The number of alkyl halides is 1. The van der Waals surface area contributed by atoms with Gasteiger partial charge in [-0.2, -0.15) is 0 Å². The summed E-state index contributed by atoms with van der Waals surface area (Å²) >= 11 is 0. The molecule has 1 fully saturated rings. The molecule has 6 nitrogen and oxygen atoms in total. The lowest BCUT2D eigenvalue weighted by molar-refractivity contribution is -0.117. The van der Waals surface area contributed by atoms with Gasteiger partial charge in [0.1, 0.15) is 17.7 Å². The van der Waals surface area contributed by atoms with Crippen LogP contribution in [-0.4, -0.2) is 46.9 Å². The van der Waals surface area contributed by atoms with E-state index in [9.17, 15) is 14.0 Å². The molecular formula is C26H31FN4O2. The molecule has 174 valence electrons. The Labute approximate surface area is 194 Å². The van der Waals surface area contributed by atoms with E-state index in [1.807, 2.05) is 32.1 Å². The van der Waals surface area contributed by atoms with Crippen molar-refractivity contribution >= 4 is 34.1 Å². The lowest BCUT2D eigenvalue weighted by atomic mass is 9.94. The Morgan fingerprint density at radius 3 is 2.61 bits per heavy atom. The molecule has 1 aliphatic rings. The van der Waals surface area contributed by atoms with E-state index in [4.69, 9.17) is 0 Å². The van der Waals surface area contributed by atoms with Gasteiger partial charge < -0.3 is 10.2 Å². The van der Waals surface area contributed by atoms with Gasteiger partial charge in [0, 0.05) is 37.3 Å². The van der Waals surface area contributed by atoms with Crippen LogP contribution >= 0.6 is 0 Å². The molecule has 7 heteroatoms. The maximum absolute atomic E-state index is 13.2. The fraction of sp³-hybridized carbons (Fsp3) is 0.385. The minimum absolute atomic E-state index is 0.230. The highest BCUT2D eigenvalue weighted by molar-refractivity contribution is 6.02. The van der Waals surface area contributed by atoms with Crippen molar-refractivity contribution in [3.05, 3.63) is 59.5 Å². The Kier molecular flexibility index (Phi) is 7.41. The van der Waals surface area contributed by atoms with E-state index in [-0.39, 0.29) is 24.1 Å². The number of rotatable bonds is 8. The third kappa shape index (κ3) is 5.53. The summed E-state index contributed by atoms with van der Waals surface area (Å²) < 4.78 is 13.2. The molecule has 2 unspecified atom stereocenters. The Morgan fingerprint density at radius 2 is 2.03 bits per heavy atom. The van der Waals surface area contributed by atoms with Gasteiger partial charge in [0.05, 0.1) is 11.4 Å². The van der Waals surface area contributed by atoms with Gasteiger partial charge in [-0.1, -0.05) is 37.6 Å². The van der Waals surface area contributed by atoms with Crippen LogP contribution in [-0.2, 0) is 4.79 Å². The molecule has 0 aliphatic heterocycles. The van der Waals surface area contributed by atoms with Gasteiger partial charge in [-0.05, 0) is 43.9 Å². The number of pyridine rings is 2. The Morgan fingerprint density at radius 1 is 1.33 bits per heavy atom. The van der Waals surface area contributed by atoms with E-state index < -0.39 is 12.1 Å². The summed E-state index contributed by atoms with van der Waals surface area (Å²) in [7, 11) is 3.36. The van der Waals surface area contributed by atoms with Crippen molar-refractivity contribution in [1.29, 1.82) is 0 Å². The number of amides is 2. The molecule has 0 saturated heterocycles. The topological polar surface area (TPSA) is 75.2 Å². The second-order valence-electron chi connectivity index (χ2n) is 8.63. The summed E-state index contributed by atoms with van der Waals surface area (Å²) in [4.78, 5) is 35.6. The van der Waals surface area contributed by atoms with Gasteiger partial charge in [-0.25, -0.2) is 14.4 Å². The Balaban J connectivity index is 2.06. The molecule has 1 N–H and O–H groups in total. The second kappa shape index (κ2) is 10.1. The zero-order valence-electron chi connectivity index (χ0n) is 19.9. The van der Waals surface area contributed by atoms with Crippen molar-refractivity contribution in [2.24, 2.45) is 5.92 Å². The number of halogens is 1. The largest absolute Gasteiger partial charge is 0.343 e. The molecule has 0 radical (unpaired) electrons. The van der Waals surface area contributed by atoms with Gasteiger partial charge in [-0.3, -0.25) is 9.59 Å². The number of fused-ring (bicyclic) bond motifs is 1. The van der Waals surface area contributed by atoms with E-state index in [1.165, 1.54) is 4.90 Å². The van der Waals surface area contributed by atoms with Crippen molar-refractivity contribution in [3.63, 3.8) is 0 Å². The van der Waals surface area contributed by atoms with Crippen LogP contribution in [0.2, 0.25) is 0 Å². The van der Waals surface area contributed by atoms with Crippen LogP contribution in [0.5, 0.6) is 0 Å². The number of hydrogen-bond donors (Lipinski definition) is 1. The first-order valence-corrected chi connectivity index (χ1v) is 11.2. The molecular weight excluding hydrogens is 419 g/mol. The molecule has 33 heavy (non-hydrogen) atoms. The van der Waals surface area contributed by atoms with Gasteiger partial charge in [0.25, 0.3) is 5.91 Å². The van der Waals surface area contributed by atoms with Crippen LogP contribution in [0.1, 0.15) is 56.1 Å². The third-order valence-corrected chi connectivity index (χ3v) is 5.60. The molecule has 2 aromatic rings. The molecule has 0 spiro atoms. The fourth-order valence-corrected chi connectivity index (χ4v) is 3.74. The second-order valence-corrected chi connectivity index (χ2v) is 8.63. The number of nitrogens with one attached hydrogen (secondary N) is 1. The molecule has 2 heterocycles. The maximum atomic E-state index is 13.2. The zero-order valence-corrected chi connectivity index (χ0v) is 19.9. The summed E-state index contributed by atoms with van der Waals surface area (Å²) in [5, 5.41) is 3.37. The van der Waals surface area contributed by atoms with E-state index in [2.05, 4.69) is 28.8 Å². The first-order chi connectivity index (χ1) is 15.7. The number of carbonyl (C=O) groups excluding carboxylic acids is 2. The summed E-state index contributed by atoms with van der Waals surface area (Å²) in [6, 6.07) is 3.51. The maximum Gasteiger partial charge on any atom is 0.272 e. The van der Waals surface area contributed by atoms with Crippen LogP contribution in [0.4, 0.5) is 10.2 Å². The van der Waals surface area contributed by atoms with Gasteiger partial charge in [-0.15, -0.1) is 0 Å². The van der Waals surface area contributed by atoms with Crippen molar-refractivity contribution in [2.45, 2.75) is 46.2 Å². The number of carbonyl (C=O) groups is 2. The number of allylic oxidation sites excluding steroid dienone is 5. The molecule has 2 atom stereocenters. The highest BCUT2D eigenvalue weighted by Crippen LogP contribution is 2.35. The normalized spacial score (nSPS) is 18.2. The van der Waals surface area contributed by atoms with Gasteiger partial charge >= 0.3 is 0 Å². The van der Waals surface area contributed by atoms with Crippen LogP contribution in [0.25, 0.3) is 16.5 Å². The van der Waals surface area contributed by atoms with Crippen LogP contribution in [0.15, 0.2) is 48.2 Å². The average Bonchev–Trinajstić information content (AvgIpc) is 3.50. The monoisotopic (exact) mass is 450 g/mol. The molecule has 2 amide bonds. The predicted molar refractivity (Wildman–Crippen MR) is 131 cm³/mol. The summed E-state index contributed by atoms with van der Waals surface area (Å²) in [5.41, 5.74) is 4.45. The molecule has 1 aliphatic carbocycles.